The van der Waals surface area contributed by atoms with Crippen molar-refractivity contribution < 1.29 is 4.42 Å². The van der Waals surface area contributed by atoms with Crippen LogP contribution in [0.1, 0.15) is 0 Å². The molecule has 0 saturated heterocycles. The molecule has 0 aliphatic heterocycles. The van der Waals surface area contributed by atoms with E-state index in [0.717, 1.165) is 10.0 Å². The average molecular weight is 316 g/mol. The lowest BCUT2D eigenvalue weighted by atomic mass is 10.1. The van der Waals surface area contributed by atoms with Crippen molar-refractivity contribution in [3.63, 3.8) is 0 Å². The number of nitrogen functional groups attached to an aromatic ring is 1. The van der Waals surface area contributed by atoms with Gasteiger partial charge in [-0.3, -0.25) is 4.79 Å². The molecule has 4 heteroatoms. The zero-order chi connectivity index (χ0) is 13.4. The number of hydrogen-bond acceptors (Lipinski definition) is 3. The van der Waals surface area contributed by atoms with E-state index in [2.05, 4.69) is 15.9 Å². The van der Waals surface area contributed by atoms with Gasteiger partial charge in [0.1, 0.15) is 11.3 Å². The number of hydrogen-bond donors (Lipinski definition) is 1. The first-order chi connectivity index (χ1) is 9.16. The molecule has 0 unspecified atom stereocenters. The van der Waals surface area contributed by atoms with Gasteiger partial charge in [-0.15, -0.1) is 0 Å². The minimum atomic E-state index is -0.207. The van der Waals surface area contributed by atoms with Crippen LogP contribution in [0, 0.1) is 0 Å². The van der Waals surface area contributed by atoms with E-state index in [1.54, 1.807) is 12.1 Å². The van der Waals surface area contributed by atoms with Crippen LogP contribution in [0.4, 0.5) is 5.69 Å². The summed E-state index contributed by atoms with van der Waals surface area (Å²) in [5.41, 5.74) is 7.16. The number of rotatable bonds is 1. The van der Waals surface area contributed by atoms with Gasteiger partial charge in [0.05, 0.1) is 5.39 Å². The van der Waals surface area contributed by atoms with Crippen molar-refractivity contribution in [1.82, 2.24) is 0 Å². The topological polar surface area (TPSA) is 56.2 Å². The number of anilines is 1. The Morgan fingerprint density at radius 1 is 1.05 bits per heavy atom. The Balaban J connectivity index is 2.37. The highest BCUT2D eigenvalue weighted by molar-refractivity contribution is 9.10. The van der Waals surface area contributed by atoms with Crippen molar-refractivity contribution in [1.29, 1.82) is 0 Å². The number of benzene rings is 2. The summed E-state index contributed by atoms with van der Waals surface area (Å²) in [5, 5.41) is 0.478. The first-order valence-corrected chi connectivity index (χ1v) is 6.53. The summed E-state index contributed by atoms with van der Waals surface area (Å²) in [7, 11) is 0. The third-order valence-corrected chi connectivity index (χ3v) is 3.42. The molecule has 0 aliphatic carbocycles. The van der Waals surface area contributed by atoms with Gasteiger partial charge in [-0.05, 0) is 18.2 Å². The van der Waals surface area contributed by atoms with Crippen molar-refractivity contribution in [2.75, 3.05) is 5.73 Å². The van der Waals surface area contributed by atoms with Gasteiger partial charge in [0, 0.05) is 10.0 Å². The molecule has 0 atom stereocenters. The zero-order valence-corrected chi connectivity index (χ0v) is 11.5. The van der Waals surface area contributed by atoms with E-state index in [9.17, 15) is 4.79 Å². The van der Waals surface area contributed by atoms with Crippen LogP contribution in [0.15, 0.2) is 62.2 Å². The molecule has 0 amide bonds. The van der Waals surface area contributed by atoms with Crippen LogP contribution in [0.3, 0.4) is 0 Å². The lowest BCUT2D eigenvalue weighted by molar-refractivity contribution is 0.621. The molecule has 1 aromatic heterocycles. The fourth-order valence-electron chi connectivity index (χ4n) is 1.99. The Bertz CT molecular complexity index is 809. The molecule has 0 saturated carbocycles. The lowest BCUT2D eigenvalue weighted by Crippen LogP contribution is -2.09. The summed E-state index contributed by atoms with van der Waals surface area (Å²) in [4.78, 5) is 12.3. The molecule has 2 N–H and O–H groups in total. The fourth-order valence-corrected chi connectivity index (χ4v) is 2.35. The molecule has 0 bridgehead atoms. The number of nitrogens with two attached hydrogens (primary N) is 1. The summed E-state index contributed by atoms with van der Waals surface area (Å²) >= 11 is 3.33. The maximum atomic E-state index is 12.3. The van der Waals surface area contributed by atoms with Gasteiger partial charge >= 0.3 is 0 Å². The minimum absolute atomic E-state index is 0.136. The van der Waals surface area contributed by atoms with Crippen molar-refractivity contribution in [2.45, 2.75) is 0 Å². The van der Waals surface area contributed by atoms with Gasteiger partial charge in [-0.2, -0.15) is 0 Å². The zero-order valence-electron chi connectivity index (χ0n) is 9.89. The first-order valence-electron chi connectivity index (χ1n) is 5.74. The van der Waals surface area contributed by atoms with Crippen LogP contribution in [-0.2, 0) is 0 Å². The van der Waals surface area contributed by atoms with Crippen LogP contribution >= 0.6 is 15.9 Å². The number of fused-ring (bicyclic) bond motifs is 1. The number of halogens is 1. The summed E-state index contributed by atoms with van der Waals surface area (Å²) in [6, 6.07) is 14.7. The molecule has 3 nitrogen and oxygen atoms in total. The summed E-state index contributed by atoms with van der Waals surface area (Å²) in [6.45, 7) is 0. The standard InChI is InChI=1S/C15H10BrNO2/c16-10-6-7-12-11(8-10)14(18)13(17)15(19-12)9-4-2-1-3-5-9/h1-8H,17H2. The molecule has 3 rings (SSSR count). The normalized spacial score (nSPS) is 10.8. The predicted molar refractivity (Wildman–Crippen MR) is 80.0 cm³/mol. The molecule has 94 valence electrons. The van der Waals surface area contributed by atoms with Gasteiger partial charge in [0.25, 0.3) is 0 Å². The van der Waals surface area contributed by atoms with Crippen LogP contribution in [0.5, 0.6) is 0 Å². The van der Waals surface area contributed by atoms with Gasteiger partial charge < -0.3 is 10.2 Å². The Hall–Kier alpha value is -2.07. The average Bonchev–Trinajstić information content (AvgIpc) is 2.44. The monoisotopic (exact) mass is 315 g/mol. The Labute approximate surface area is 117 Å². The van der Waals surface area contributed by atoms with Crippen molar-refractivity contribution in [3.05, 3.63) is 63.2 Å². The highest BCUT2D eigenvalue weighted by Gasteiger charge is 2.13. The SMILES string of the molecule is Nc1c(-c2ccccc2)oc2ccc(Br)cc2c1=O. The molecular weight excluding hydrogens is 306 g/mol. The molecule has 3 aromatic rings. The molecule has 0 fully saturated rings. The quantitative estimate of drug-likeness (QED) is 0.743. The van der Waals surface area contributed by atoms with E-state index in [1.165, 1.54) is 0 Å². The van der Waals surface area contributed by atoms with Crippen molar-refractivity contribution in [3.8, 4) is 11.3 Å². The second kappa shape index (κ2) is 4.55. The van der Waals surface area contributed by atoms with Gasteiger partial charge in [0.15, 0.2) is 5.76 Å². The molecule has 1 heterocycles. The largest absolute Gasteiger partial charge is 0.454 e. The maximum Gasteiger partial charge on any atom is 0.216 e. The lowest BCUT2D eigenvalue weighted by Gasteiger charge is -2.06. The summed E-state index contributed by atoms with van der Waals surface area (Å²) in [5.74, 6) is 0.417. The Morgan fingerprint density at radius 2 is 1.79 bits per heavy atom. The molecule has 0 radical (unpaired) electrons. The van der Waals surface area contributed by atoms with Crippen molar-refractivity contribution >= 4 is 32.6 Å². The van der Waals surface area contributed by atoms with E-state index in [1.807, 2.05) is 36.4 Å². The van der Waals surface area contributed by atoms with E-state index in [4.69, 9.17) is 10.2 Å². The van der Waals surface area contributed by atoms with Crippen LogP contribution in [-0.4, -0.2) is 0 Å². The van der Waals surface area contributed by atoms with E-state index in [0.29, 0.717) is 16.7 Å². The van der Waals surface area contributed by atoms with Crippen LogP contribution in [0.2, 0.25) is 0 Å². The Morgan fingerprint density at radius 3 is 2.53 bits per heavy atom. The van der Waals surface area contributed by atoms with Crippen molar-refractivity contribution in [2.24, 2.45) is 0 Å². The molecule has 0 aliphatic rings. The minimum Gasteiger partial charge on any atom is -0.454 e. The maximum absolute atomic E-state index is 12.3. The van der Waals surface area contributed by atoms with E-state index >= 15 is 0 Å². The second-order valence-corrected chi connectivity index (χ2v) is 5.10. The first kappa shape index (κ1) is 12.0. The predicted octanol–water partition coefficient (Wildman–Crippen LogP) is 3.80. The van der Waals surface area contributed by atoms with E-state index in [-0.39, 0.29) is 11.1 Å². The highest BCUT2D eigenvalue weighted by Crippen LogP contribution is 2.28. The molecule has 2 aromatic carbocycles. The highest BCUT2D eigenvalue weighted by atomic mass is 79.9. The molecule has 0 spiro atoms. The molecule has 19 heavy (non-hydrogen) atoms. The summed E-state index contributed by atoms with van der Waals surface area (Å²) in [6.07, 6.45) is 0. The van der Waals surface area contributed by atoms with Gasteiger partial charge in [-0.25, -0.2) is 0 Å². The molecular formula is C15H10BrNO2. The summed E-state index contributed by atoms with van der Waals surface area (Å²) < 4.78 is 6.59. The second-order valence-electron chi connectivity index (χ2n) is 4.18. The van der Waals surface area contributed by atoms with Gasteiger partial charge in [0.2, 0.25) is 5.43 Å². The smallest absolute Gasteiger partial charge is 0.216 e. The fraction of sp³-hybridized carbons (Fsp3) is 0. The van der Waals surface area contributed by atoms with E-state index < -0.39 is 0 Å². The third kappa shape index (κ3) is 2.04. The Kier molecular flexibility index (Phi) is 2.87. The van der Waals surface area contributed by atoms with Crippen LogP contribution < -0.4 is 11.2 Å². The van der Waals surface area contributed by atoms with Gasteiger partial charge in [-0.1, -0.05) is 46.3 Å². The van der Waals surface area contributed by atoms with Crippen LogP contribution in [0.25, 0.3) is 22.3 Å². The third-order valence-electron chi connectivity index (χ3n) is 2.92.